The number of amides is 1. The maximum atomic E-state index is 11.9. The Morgan fingerprint density at radius 3 is 2.68 bits per heavy atom. The van der Waals surface area contributed by atoms with E-state index in [4.69, 9.17) is 4.42 Å². The fraction of sp³-hybridized carbons (Fsp3) is 0.231. The summed E-state index contributed by atoms with van der Waals surface area (Å²) in [6.45, 7) is 3.51. The van der Waals surface area contributed by atoms with Crippen molar-refractivity contribution in [2.24, 2.45) is 0 Å². The second-order valence-electron chi connectivity index (χ2n) is 4.21. The number of hydrogen-bond donors (Lipinski definition) is 3. The first-order chi connectivity index (χ1) is 8.97. The Morgan fingerprint density at radius 1 is 1.37 bits per heavy atom. The van der Waals surface area contributed by atoms with E-state index in [0.29, 0.717) is 11.7 Å². The molecule has 0 aliphatic rings. The SMILES string of the molecule is Cc1cnc(C(C)NC(=O)c2ccc(O)c(O)c2)o1. The molecule has 0 fully saturated rings. The molecule has 0 saturated carbocycles. The first kappa shape index (κ1) is 12.9. The maximum absolute atomic E-state index is 11.9. The molecular weight excluding hydrogens is 248 g/mol. The van der Waals surface area contributed by atoms with Crippen molar-refractivity contribution >= 4 is 5.91 Å². The van der Waals surface area contributed by atoms with Crippen LogP contribution in [0.15, 0.2) is 28.8 Å². The molecule has 0 radical (unpaired) electrons. The van der Waals surface area contributed by atoms with Gasteiger partial charge in [0.15, 0.2) is 11.5 Å². The largest absolute Gasteiger partial charge is 0.504 e. The highest BCUT2D eigenvalue weighted by Crippen LogP contribution is 2.25. The molecule has 0 aliphatic heterocycles. The Labute approximate surface area is 109 Å². The van der Waals surface area contributed by atoms with Crippen molar-refractivity contribution in [3.05, 3.63) is 41.6 Å². The molecule has 0 saturated heterocycles. The van der Waals surface area contributed by atoms with Crippen LogP contribution < -0.4 is 5.32 Å². The number of nitrogens with one attached hydrogen (secondary N) is 1. The van der Waals surface area contributed by atoms with E-state index in [9.17, 15) is 15.0 Å². The molecule has 1 aromatic heterocycles. The minimum atomic E-state index is -0.392. The van der Waals surface area contributed by atoms with Crippen LogP contribution in [0.5, 0.6) is 11.5 Å². The molecule has 1 aromatic carbocycles. The van der Waals surface area contributed by atoms with E-state index in [1.807, 2.05) is 0 Å². The van der Waals surface area contributed by atoms with Crippen LogP contribution in [0, 0.1) is 6.92 Å². The standard InChI is InChI=1S/C13H14N2O4/c1-7-6-14-13(19-7)8(2)15-12(18)9-3-4-10(16)11(17)5-9/h3-6,8,16-17H,1-2H3,(H,15,18). The van der Waals surface area contributed by atoms with E-state index in [1.54, 1.807) is 20.0 Å². The van der Waals surface area contributed by atoms with Crippen molar-refractivity contribution in [3.63, 3.8) is 0 Å². The molecule has 2 rings (SSSR count). The van der Waals surface area contributed by atoms with Crippen molar-refractivity contribution in [3.8, 4) is 11.5 Å². The van der Waals surface area contributed by atoms with Gasteiger partial charge in [0.05, 0.1) is 6.20 Å². The van der Waals surface area contributed by atoms with E-state index in [1.165, 1.54) is 18.2 Å². The first-order valence-electron chi connectivity index (χ1n) is 5.72. The summed E-state index contributed by atoms with van der Waals surface area (Å²) in [5.41, 5.74) is 0.241. The molecule has 19 heavy (non-hydrogen) atoms. The molecule has 1 atom stereocenters. The summed E-state index contributed by atoms with van der Waals surface area (Å²) in [7, 11) is 0. The van der Waals surface area contributed by atoms with E-state index in [-0.39, 0.29) is 17.1 Å². The molecule has 100 valence electrons. The Kier molecular flexibility index (Phi) is 3.41. The quantitative estimate of drug-likeness (QED) is 0.734. The lowest BCUT2D eigenvalue weighted by molar-refractivity contribution is 0.0933. The van der Waals surface area contributed by atoms with Crippen LogP contribution in [-0.2, 0) is 0 Å². The van der Waals surface area contributed by atoms with Crippen LogP contribution in [0.1, 0.15) is 35.0 Å². The monoisotopic (exact) mass is 262 g/mol. The number of phenols is 2. The summed E-state index contributed by atoms with van der Waals surface area (Å²) in [5.74, 6) is 0.0751. The number of nitrogens with zero attached hydrogens (tertiary/aromatic N) is 1. The molecule has 1 amide bonds. The Bertz CT molecular complexity index is 606. The summed E-state index contributed by atoms with van der Waals surface area (Å²) in [4.78, 5) is 15.9. The summed E-state index contributed by atoms with van der Waals surface area (Å²) >= 11 is 0. The fourth-order valence-electron chi connectivity index (χ4n) is 1.58. The van der Waals surface area contributed by atoms with Crippen LogP contribution >= 0.6 is 0 Å². The van der Waals surface area contributed by atoms with Gasteiger partial charge < -0.3 is 19.9 Å². The number of rotatable bonds is 3. The number of oxazole rings is 1. The zero-order valence-corrected chi connectivity index (χ0v) is 10.5. The molecule has 2 aromatic rings. The van der Waals surface area contributed by atoms with Crippen molar-refractivity contribution in [1.82, 2.24) is 10.3 Å². The third kappa shape index (κ3) is 2.85. The van der Waals surface area contributed by atoms with Crippen molar-refractivity contribution in [1.29, 1.82) is 0 Å². The molecule has 6 heteroatoms. The van der Waals surface area contributed by atoms with Crippen LogP contribution in [0.2, 0.25) is 0 Å². The molecule has 6 nitrogen and oxygen atoms in total. The molecule has 0 bridgehead atoms. The van der Waals surface area contributed by atoms with E-state index in [2.05, 4.69) is 10.3 Å². The van der Waals surface area contributed by atoms with Crippen LogP contribution in [0.4, 0.5) is 0 Å². The number of phenolic OH excluding ortho intramolecular Hbond substituents is 2. The number of carbonyl (C=O) groups excluding carboxylic acids is 1. The average Bonchev–Trinajstić information content (AvgIpc) is 2.79. The van der Waals surface area contributed by atoms with Gasteiger partial charge in [0, 0.05) is 5.56 Å². The zero-order chi connectivity index (χ0) is 14.0. The topological polar surface area (TPSA) is 95.6 Å². The molecule has 3 N–H and O–H groups in total. The third-order valence-electron chi connectivity index (χ3n) is 2.59. The summed E-state index contributed by atoms with van der Waals surface area (Å²) in [6, 6.07) is 3.47. The van der Waals surface area contributed by atoms with Crippen molar-refractivity contribution in [2.75, 3.05) is 0 Å². The highest BCUT2D eigenvalue weighted by Gasteiger charge is 2.16. The van der Waals surface area contributed by atoms with Gasteiger partial charge in [0.25, 0.3) is 5.91 Å². The average molecular weight is 262 g/mol. The Morgan fingerprint density at radius 2 is 2.11 bits per heavy atom. The lowest BCUT2D eigenvalue weighted by Gasteiger charge is -2.10. The number of carbonyl (C=O) groups is 1. The van der Waals surface area contributed by atoms with Crippen LogP contribution in [0.3, 0.4) is 0 Å². The van der Waals surface area contributed by atoms with Crippen molar-refractivity contribution in [2.45, 2.75) is 19.9 Å². The van der Waals surface area contributed by atoms with Crippen molar-refractivity contribution < 1.29 is 19.4 Å². The number of aryl methyl sites for hydroxylation is 1. The Balaban J connectivity index is 2.10. The van der Waals surface area contributed by atoms with Gasteiger partial charge in [-0.1, -0.05) is 0 Å². The van der Waals surface area contributed by atoms with Gasteiger partial charge in [-0.15, -0.1) is 0 Å². The minimum absolute atomic E-state index is 0.241. The molecular formula is C13H14N2O4. The molecule has 1 unspecified atom stereocenters. The lowest BCUT2D eigenvalue weighted by atomic mass is 10.2. The van der Waals surface area contributed by atoms with E-state index >= 15 is 0 Å². The normalized spacial score (nSPS) is 12.1. The predicted molar refractivity (Wildman–Crippen MR) is 66.9 cm³/mol. The Hall–Kier alpha value is -2.50. The number of hydrogen-bond acceptors (Lipinski definition) is 5. The number of aromatic nitrogens is 1. The van der Waals surface area contributed by atoms with Gasteiger partial charge in [-0.3, -0.25) is 4.79 Å². The highest BCUT2D eigenvalue weighted by molar-refractivity contribution is 5.95. The maximum Gasteiger partial charge on any atom is 0.252 e. The van der Waals surface area contributed by atoms with Gasteiger partial charge in [-0.25, -0.2) is 4.98 Å². The summed E-state index contributed by atoms with van der Waals surface area (Å²) in [6.07, 6.45) is 1.57. The molecule has 0 aliphatic carbocycles. The second-order valence-corrected chi connectivity index (χ2v) is 4.21. The van der Waals surface area contributed by atoms with E-state index < -0.39 is 11.9 Å². The number of benzene rings is 1. The van der Waals surface area contributed by atoms with E-state index in [0.717, 1.165) is 0 Å². The van der Waals surface area contributed by atoms with Gasteiger partial charge in [0.1, 0.15) is 11.8 Å². The van der Waals surface area contributed by atoms with Crippen LogP contribution in [-0.4, -0.2) is 21.1 Å². The molecule has 0 spiro atoms. The first-order valence-corrected chi connectivity index (χ1v) is 5.72. The fourth-order valence-corrected chi connectivity index (χ4v) is 1.58. The van der Waals surface area contributed by atoms with Crippen LogP contribution in [0.25, 0.3) is 0 Å². The second kappa shape index (κ2) is 5.01. The zero-order valence-electron chi connectivity index (χ0n) is 10.5. The third-order valence-corrected chi connectivity index (χ3v) is 2.59. The predicted octanol–water partition coefficient (Wildman–Crippen LogP) is 1.89. The summed E-state index contributed by atoms with van der Waals surface area (Å²) in [5, 5.41) is 21.2. The van der Waals surface area contributed by atoms with Gasteiger partial charge in [-0.05, 0) is 32.0 Å². The molecule has 1 heterocycles. The van der Waals surface area contributed by atoms with Gasteiger partial charge in [-0.2, -0.15) is 0 Å². The van der Waals surface area contributed by atoms with Gasteiger partial charge in [0.2, 0.25) is 5.89 Å². The summed E-state index contributed by atoms with van der Waals surface area (Å²) < 4.78 is 5.31. The minimum Gasteiger partial charge on any atom is -0.504 e. The highest BCUT2D eigenvalue weighted by atomic mass is 16.4. The smallest absolute Gasteiger partial charge is 0.252 e. The number of aromatic hydroxyl groups is 2. The van der Waals surface area contributed by atoms with Gasteiger partial charge >= 0.3 is 0 Å². The lowest BCUT2D eigenvalue weighted by Crippen LogP contribution is -2.26.